The minimum Gasteiger partial charge on any atom is -0.443 e. The van der Waals surface area contributed by atoms with Crippen molar-refractivity contribution in [3.63, 3.8) is 0 Å². The summed E-state index contributed by atoms with van der Waals surface area (Å²) in [5.41, 5.74) is 0.597. The minimum absolute atomic E-state index is 0.00607. The van der Waals surface area contributed by atoms with Gasteiger partial charge in [-0.3, -0.25) is 9.80 Å². The van der Waals surface area contributed by atoms with Gasteiger partial charge in [0.25, 0.3) is 5.91 Å². The van der Waals surface area contributed by atoms with Gasteiger partial charge >= 0.3 is 12.3 Å². The van der Waals surface area contributed by atoms with Crippen molar-refractivity contribution in [3.8, 4) is 0 Å². The largest absolute Gasteiger partial charge is 0.443 e. The summed E-state index contributed by atoms with van der Waals surface area (Å²) in [5.74, 6) is -0.667. The molecular weight excluding hydrogens is 301 g/mol. The average Bonchev–Trinajstić information content (AvgIpc) is 2.34. The van der Waals surface area contributed by atoms with E-state index in [-0.39, 0.29) is 5.56 Å². The zero-order valence-electron chi connectivity index (χ0n) is 12.6. The van der Waals surface area contributed by atoms with Crippen LogP contribution in [0.1, 0.15) is 36.7 Å². The molecule has 0 aliphatic carbocycles. The molecule has 0 spiro atoms. The van der Waals surface area contributed by atoms with Gasteiger partial charge in [0, 0.05) is 12.6 Å². The van der Waals surface area contributed by atoms with Crippen molar-refractivity contribution in [2.75, 3.05) is 7.05 Å². The molecule has 0 aliphatic rings. The Kier molecular flexibility index (Phi) is 5.05. The molecule has 0 aliphatic heterocycles. The lowest BCUT2D eigenvalue weighted by Crippen LogP contribution is -2.45. The molecule has 122 valence electrons. The van der Waals surface area contributed by atoms with Crippen molar-refractivity contribution in [2.24, 2.45) is 0 Å². The van der Waals surface area contributed by atoms with Crippen LogP contribution >= 0.6 is 0 Å². The highest BCUT2D eigenvalue weighted by Gasteiger charge is 2.30. The van der Waals surface area contributed by atoms with E-state index in [4.69, 9.17) is 4.74 Å². The number of nitrogens with zero attached hydrogens (tertiary/aromatic N) is 1. The number of alkyl halides is 3. The van der Waals surface area contributed by atoms with E-state index >= 15 is 0 Å². The number of amides is 2. The maximum absolute atomic E-state index is 12.4. The predicted octanol–water partition coefficient (Wildman–Crippen LogP) is 3.22. The first-order chi connectivity index (χ1) is 9.90. The van der Waals surface area contributed by atoms with Crippen LogP contribution in [0.4, 0.5) is 18.0 Å². The van der Waals surface area contributed by atoms with Gasteiger partial charge in [-0.05, 0) is 45.0 Å². The zero-order valence-corrected chi connectivity index (χ0v) is 12.6. The van der Waals surface area contributed by atoms with E-state index in [2.05, 4.69) is 5.43 Å². The molecule has 1 N–H and O–H groups in total. The molecule has 0 saturated carbocycles. The number of hydrogen-bond donors (Lipinski definition) is 1. The predicted molar refractivity (Wildman–Crippen MR) is 72.9 cm³/mol. The Balaban J connectivity index is 2.73. The fourth-order valence-electron chi connectivity index (χ4n) is 1.48. The molecule has 0 unspecified atom stereocenters. The fraction of sp³-hybridized carbons (Fsp3) is 0.429. The van der Waals surface area contributed by atoms with Gasteiger partial charge in [0.2, 0.25) is 0 Å². The third-order valence-corrected chi connectivity index (χ3v) is 2.42. The fourth-order valence-corrected chi connectivity index (χ4v) is 1.48. The third-order valence-electron chi connectivity index (χ3n) is 2.42. The average molecular weight is 318 g/mol. The lowest BCUT2D eigenvalue weighted by Gasteiger charge is -2.23. The highest BCUT2D eigenvalue weighted by Crippen LogP contribution is 2.29. The van der Waals surface area contributed by atoms with E-state index < -0.39 is 29.3 Å². The number of nitrogens with one attached hydrogen (secondary N) is 1. The van der Waals surface area contributed by atoms with Gasteiger partial charge in [-0.15, -0.1) is 0 Å². The zero-order chi connectivity index (χ0) is 17.1. The number of benzene rings is 1. The molecule has 1 rings (SSSR count). The smallest absolute Gasteiger partial charge is 0.426 e. The number of hydrogen-bond acceptors (Lipinski definition) is 3. The van der Waals surface area contributed by atoms with E-state index in [1.54, 1.807) is 20.8 Å². The summed E-state index contributed by atoms with van der Waals surface area (Å²) in [7, 11) is 1.27. The van der Waals surface area contributed by atoms with Gasteiger partial charge in [-0.1, -0.05) is 0 Å². The summed E-state index contributed by atoms with van der Waals surface area (Å²) in [5, 5.41) is 0.844. The van der Waals surface area contributed by atoms with E-state index in [0.717, 1.165) is 29.3 Å². The molecule has 0 saturated heterocycles. The summed E-state index contributed by atoms with van der Waals surface area (Å²) in [6.45, 7) is 4.97. The summed E-state index contributed by atoms with van der Waals surface area (Å²) in [6, 6.07) is 3.68. The molecular formula is C14H17F3N2O3. The minimum atomic E-state index is -4.47. The molecule has 0 atom stereocenters. The number of hydrazine groups is 1. The van der Waals surface area contributed by atoms with E-state index in [9.17, 15) is 22.8 Å². The molecule has 0 radical (unpaired) electrons. The monoisotopic (exact) mass is 318 g/mol. The van der Waals surface area contributed by atoms with E-state index in [1.165, 1.54) is 7.05 Å². The normalized spacial score (nSPS) is 11.8. The maximum atomic E-state index is 12.4. The van der Waals surface area contributed by atoms with Crippen LogP contribution in [0.25, 0.3) is 0 Å². The number of rotatable bonds is 1. The van der Waals surface area contributed by atoms with Crippen LogP contribution in [0.3, 0.4) is 0 Å². The van der Waals surface area contributed by atoms with Gasteiger partial charge in [0.15, 0.2) is 0 Å². The van der Waals surface area contributed by atoms with Crippen LogP contribution in [0.15, 0.2) is 24.3 Å². The van der Waals surface area contributed by atoms with Crippen LogP contribution in [0.5, 0.6) is 0 Å². The highest BCUT2D eigenvalue weighted by atomic mass is 19.4. The third kappa shape index (κ3) is 5.27. The number of carbonyl (C=O) groups excluding carboxylic acids is 2. The van der Waals surface area contributed by atoms with E-state index in [1.807, 2.05) is 0 Å². The molecule has 0 heterocycles. The Morgan fingerprint density at radius 2 is 1.59 bits per heavy atom. The molecule has 0 fully saturated rings. The number of ether oxygens (including phenoxy) is 1. The summed E-state index contributed by atoms with van der Waals surface area (Å²) in [4.78, 5) is 23.5. The van der Waals surface area contributed by atoms with Crippen LogP contribution in [0, 0.1) is 0 Å². The van der Waals surface area contributed by atoms with E-state index in [0.29, 0.717) is 0 Å². The Bertz CT molecular complexity index is 548. The first-order valence-electron chi connectivity index (χ1n) is 6.35. The lowest BCUT2D eigenvalue weighted by molar-refractivity contribution is -0.137. The molecule has 1 aromatic rings. The molecule has 2 amide bonds. The topological polar surface area (TPSA) is 58.6 Å². The highest BCUT2D eigenvalue weighted by molar-refractivity contribution is 5.94. The first-order valence-corrected chi connectivity index (χ1v) is 6.35. The van der Waals surface area contributed by atoms with Crippen molar-refractivity contribution in [3.05, 3.63) is 35.4 Å². The van der Waals surface area contributed by atoms with Crippen molar-refractivity contribution >= 4 is 12.0 Å². The second-order valence-corrected chi connectivity index (χ2v) is 5.55. The Hall–Kier alpha value is -2.25. The van der Waals surface area contributed by atoms with Crippen molar-refractivity contribution in [1.29, 1.82) is 0 Å². The first kappa shape index (κ1) is 17.8. The van der Waals surface area contributed by atoms with Crippen LogP contribution in [-0.4, -0.2) is 29.7 Å². The molecule has 1 aromatic carbocycles. The molecule has 0 aromatic heterocycles. The standard InChI is InChI=1S/C14H17F3N2O3/c1-13(2,3)22-12(21)18-19(4)11(20)9-5-7-10(8-6-9)14(15,16)17/h5-8H,1-4H3,(H,18,21). The van der Waals surface area contributed by atoms with Crippen molar-refractivity contribution < 1.29 is 27.5 Å². The summed E-state index contributed by atoms with van der Waals surface area (Å²) in [6.07, 6.45) is -5.31. The van der Waals surface area contributed by atoms with Gasteiger partial charge in [-0.2, -0.15) is 13.2 Å². The van der Waals surface area contributed by atoms with Crippen LogP contribution in [-0.2, 0) is 10.9 Å². The number of carbonyl (C=O) groups is 2. The van der Waals surface area contributed by atoms with Crippen LogP contribution < -0.4 is 5.43 Å². The summed E-state index contributed by atoms with van der Waals surface area (Å²) >= 11 is 0. The molecule has 0 bridgehead atoms. The molecule has 5 nitrogen and oxygen atoms in total. The lowest BCUT2D eigenvalue weighted by atomic mass is 10.1. The Morgan fingerprint density at radius 3 is 2.00 bits per heavy atom. The maximum Gasteiger partial charge on any atom is 0.426 e. The van der Waals surface area contributed by atoms with Crippen molar-refractivity contribution in [2.45, 2.75) is 32.5 Å². The number of halogens is 3. The Labute approximate surface area is 126 Å². The second kappa shape index (κ2) is 6.25. The van der Waals surface area contributed by atoms with Crippen molar-refractivity contribution in [1.82, 2.24) is 10.4 Å². The summed E-state index contributed by atoms with van der Waals surface area (Å²) < 4.78 is 42.3. The van der Waals surface area contributed by atoms with Gasteiger partial charge in [-0.25, -0.2) is 10.2 Å². The van der Waals surface area contributed by atoms with Crippen LogP contribution in [0.2, 0.25) is 0 Å². The van der Waals surface area contributed by atoms with Gasteiger partial charge < -0.3 is 4.74 Å². The second-order valence-electron chi connectivity index (χ2n) is 5.55. The SMILES string of the molecule is CN(NC(=O)OC(C)(C)C)C(=O)c1ccc(C(F)(F)F)cc1. The van der Waals surface area contributed by atoms with Gasteiger partial charge in [0.05, 0.1) is 5.56 Å². The quantitative estimate of drug-likeness (QED) is 0.809. The van der Waals surface area contributed by atoms with Gasteiger partial charge in [0.1, 0.15) is 5.60 Å². The molecule has 8 heteroatoms. The molecule has 22 heavy (non-hydrogen) atoms. The Morgan fingerprint density at radius 1 is 1.09 bits per heavy atom.